The minimum absolute atomic E-state index is 0.00808. The van der Waals surface area contributed by atoms with Crippen molar-refractivity contribution in [1.82, 2.24) is 0 Å². The molecule has 3 fully saturated rings. The second kappa shape index (κ2) is 10.2. The van der Waals surface area contributed by atoms with Gasteiger partial charge in [-0.15, -0.1) is 0 Å². The van der Waals surface area contributed by atoms with Crippen LogP contribution in [0.15, 0.2) is 36.4 Å². The fourth-order valence-corrected chi connectivity index (χ4v) is 7.18. The van der Waals surface area contributed by atoms with E-state index in [1.807, 2.05) is 0 Å². The van der Waals surface area contributed by atoms with Gasteiger partial charge >= 0.3 is 0 Å². The molecule has 0 bridgehead atoms. The van der Waals surface area contributed by atoms with Gasteiger partial charge < -0.3 is 20.2 Å². The molecule has 0 unspecified atom stereocenters. The number of amides is 2. The van der Waals surface area contributed by atoms with Crippen molar-refractivity contribution in [3.05, 3.63) is 47.5 Å². The molecule has 2 aliphatic carbocycles. The number of aliphatic hydroxyl groups excluding tert-OH is 1. The third kappa shape index (κ3) is 5.08. The zero-order valence-electron chi connectivity index (χ0n) is 22.3. The molecule has 3 N–H and O–H groups in total. The number of hydrogen-bond acceptors (Lipinski definition) is 7. The van der Waals surface area contributed by atoms with Crippen LogP contribution in [0.4, 0.5) is 22.7 Å². The van der Waals surface area contributed by atoms with Crippen molar-refractivity contribution in [1.29, 1.82) is 0 Å². The average molecular weight is 567 g/mol. The van der Waals surface area contributed by atoms with Crippen molar-refractivity contribution < 1.29 is 27.9 Å². The normalized spacial score (nSPS) is 20.2. The Morgan fingerprint density at radius 1 is 0.950 bits per heavy atom. The summed E-state index contributed by atoms with van der Waals surface area (Å²) in [4.78, 5) is 42.7. The number of ketones is 1. The predicted molar refractivity (Wildman–Crippen MR) is 153 cm³/mol. The van der Waals surface area contributed by atoms with E-state index in [0.29, 0.717) is 39.3 Å². The first-order valence-corrected chi connectivity index (χ1v) is 15.7. The highest BCUT2D eigenvalue weighted by Crippen LogP contribution is 2.54. The predicted octanol–water partition coefficient (Wildman–Crippen LogP) is 3.53. The lowest BCUT2D eigenvalue weighted by atomic mass is 9.93. The van der Waals surface area contributed by atoms with E-state index >= 15 is 0 Å². The summed E-state index contributed by atoms with van der Waals surface area (Å²) >= 11 is 0. The zero-order chi connectivity index (χ0) is 28.1. The maximum atomic E-state index is 13.6. The van der Waals surface area contributed by atoms with Gasteiger partial charge in [0.25, 0.3) is 17.6 Å². The van der Waals surface area contributed by atoms with Crippen molar-refractivity contribution >= 4 is 50.4 Å². The number of nitrogens with one attached hydrogen (secondary N) is 2. The van der Waals surface area contributed by atoms with Crippen LogP contribution in [0.5, 0.6) is 0 Å². The molecule has 2 saturated carbocycles. The van der Waals surface area contributed by atoms with Gasteiger partial charge in [-0.1, -0.05) is 12.8 Å². The van der Waals surface area contributed by atoms with Gasteiger partial charge in [-0.25, -0.2) is 8.42 Å². The van der Waals surface area contributed by atoms with E-state index < -0.39 is 34.1 Å². The molecule has 0 atom stereocenters. The SMILES string of the molecule is O=C(Nc1ccc2c(c1)N(C1CCCC1)C(=O)C2=O)c1ccc(NS(=O)(=O)CCO)cc1N1CCC2(CC1)CC2. The second-order valence-electron chi connectivity index (χ2n) is 11.5. The molecule has 2 aromatic rings. The van der Waals surface area contributed by atoms with Crippen molar-refractivity contribution in [2.24, 2.45) is 5.41 Å². The van der Waals surface area contributed by atoms with Gasteiger partial charge in [0, 0.05) is 24.8 Å². The highest BCUT2D eigenvalue weighted by Gasteiger charge is 2.45. The summed E-state index contributed by atoms with van der Waals surface area (Å²) in [6, 6.07) is 9.75. The number of hydrogen-bond donors (Lipinski definition) is 3. The third-order valence-corrected chi connectivity index (χ3v) is 10.1. The monoisotopic (exact) mass is 566 g/mol. The highest BCUT2D eigenvalue weighted by atomic mass is 32.2. The number of sulfonamides is 1. The zero-order valence-corrected chi connectivity index (χ0v) is 23.1. The Hall–Kier alpha value is -3.44. The minimum Gasteiger partial charge on any atom is -0.395 e. The molecule has 10 nitrogen and oxygen atoms in total. The Bertz CT molecular complexity index is 1470. The number of Topliss-reactive ketones (excluding diaryl/α,β-unsaturated/α-hetero) is 1. The van der Waals surface area contributed by atoms with Crippen molar-refractivity contribution in [3.8, 4) is 0 Å². The molecule has 6 rings (SSSR count). The van der Waals surface area contributed by atoms with Gasteiger partial charge in [-0.3, -0.25) is 19.1 Å². The summed E-state index contributed by atoms with van der Waals surface area (Å²) in [5.41, 5.74) is 3.16. The molecule has 4 aliphatic rings. The van der Waals surface area contributed by atoms with E-state index in [0.717, 1.165) is 51.6 Å². The fraction of sp³-hybridized carbons (Fsp3) is 0.483. The van der Waals surface area contributed by atoms with Gasteiger partial charge in [0.05, 0.1) is 40.5 Å². The van der Waals surface area contributed by atoms with Gasteiger partial charge in [0.1, 0.15) is 0 Å². The van der Waals surface area contributed by atoms with Crippen LogP contribution in [0.1, 0.15) is 72.1 Å². The van der Waals surface area contributed by atoms with Crippen LogP contribution in [0, 0.1) is 5.41 Å². The summed E-state index contributed by atoms with van der Waals surface area (Å²) < 4.78 is 27.1. The van der Waals surface area contributed by atoms with Crippen LogP contribution < -0.4 is 19.8 Å². The molecule has 1 spiro atoms. The molecule has 11 heteroatoms. The standard InChI is InChI=1S/C29H34N4O6S/c34-15-16-40(38,39)31-20-6-8-23(24(18-20)32-13-11-29(9-10-29)12-14-32)27(36)30-19-5-7-22-25(17-19)33(28(37)26(22)35)21-3-1-2-4-21/h5-8,17-18,21,31,34H,1-4,9-16H2,(H,30,36). The van der Waals surface area contributed by atoms with E-state index in [2.05, 4.69) is 14.9 Å². The summed E-state index contributed by atoms with van der Waals surface area (Å²) in [5, 5.41) is 12.0. The topological polar surface area (TPSA) is 136 Å². The number of fused-ring (bicyclic) bond motifs is 1. The van der Waals surface area contributed by atoms with E-state index in [4.69, 9.17) is 5.11 Å². The molecule has 1 saturated heterocycles. The molecular weight excluding hydrogens is 532 g/mol. The number of aliphatic hydroxyl groups is 1. The Balaban J connectivity index is 1.28. The lowest BCUT2D eigenvalue weighted by Gasteiger charge is -2.35. The number of carbonyl (C=O) groups excluding carboxylic acids is 3. The largest absolute Gasteiger partial charge is 0.395 e. The highest BCUT2D eigenvalue weighted by molar-refractivity contribution is 7.92. The van der Waals surface area contributed by atoms with Crippen molar-refractivity contribution in [2.75, 3.05) is 45.3 Å². The number of anilines is 4. The van der Waals surface area contributed by atoms with Crippen LogP contribution in [0.2, 0.25) is 0 Å². The van der Waals surface area contributed by atoms with Gasteiger partial charge in [-0.05, 0) is 80.3 Å². The Morgan fingerprint density at radius 2 is 1.62 bits per heavy atom. The maximum absolute atomic E-state index is 13.6. The van der Waals surface area contributed by atoms with Crippen LogP contribution in [-0.2, 0) is 14.8 Å². The van der Waals surface area contributed by atoms with Gasteiger partial charge in [-0.2, -0.15) is 0 Å². The minimum atomic E-state index is -3.73. The summed E-state index contributed by atoms with van der Waals surface area (Å²) in [5.74, 6) is -1.81. The molecule has 0 aromatic heterocycles. The number of piperidine rings is 1. The van der Waals surface area contributed by atoms with Crippen molar-refractivity contribution in [3.63, 3.8) is 0 Å². The molecule has 2 aliphatic heterocycles. The summed E-state index contributed by atoms with van der Waals surface area (Å²) in [7, 11) is -3.73. The maximum Gasteiger partial charge on any atom is 0.299 e. The van der Waals surface area contributed by atoms with Crippen molar-refractivity contribution in [2.45, 2.75) is 57.4 Å². The first-order valence-electron chi connectivity index (χ1n) is 14.0. The van der Waals surface area contributed by atoms with E-state index in [1.54, 1.807) is 41.3 Å². The van der Waals surface area contributed by atoms with E-state index in [-0.39, 0.29) is 11.9 Å². The van der Waals surface area contributed by atoms with E-state index in [1.165, 1.54) is 12.8 Å². The van der Waals surface area contributed by atoms with Crippen LogP contribution in [0.25, 0.3) is 0 Å². The van der Waals surface area contributed by atoms with Crippen LogP contribution >= 0.6 is 0 Å². The van der Waals surface area contributed by atoms with Crippen LogP contribution in [0.3, 0.4) is 0 Å². The quantitative estimate of drug-likeness (QED) is 0.416. The van der Waals surface area contributed by atoms with Crippen LogP contribution in [-0.4, -0.2) is 62.6 Å². The molecule has 40 heavy (non-hydrogen) atoms. The number of benzene rings is 2. The second-order valence-corrected chi connectivity index (χ2v) is 13.3. The van der Waals surface area contributed by atoms with E-state index in [9.17, 15) is 22.8 Å². The third-order valence-electron chi connectivity index (χ3n) is 8.86. The smallest absolute Gasteiger partial charge is 0.299 e. The molecular formula is C29H34N4O6S. The molecule has 2 heterocycles. The van der Waals surface area contributed by atoms with Gasteiger partial charge in [0.2, 0.25) is 10.0 Å². The molecule has 212 valence electrons. The number of rotatable bonds is 8. The Kier molecular flexibility index (Phi) is 6.82. The average Bonchev–Trinajstić information content (AvgIpc) is 3.35. The fourth-order valence-electron chi connectivity index (χ4n) is 6.36. The number of nitrogens with zero attached hydrogens (tertiary/aromatic N) is 2. The first-order chi connectivity index (χ1) is 19.2. The molecule has 2 aromatic carbocycles. The van der Waals surface area contributed by atoms with Gasteiger partial charge in [0.15, 0.2) is 0 Å². The molecule has 2 amide bonds. The Morgan fingerprint density at radius 3 is 2.30 bits per heavy atom. The lowest BCUT2D eigenvalue weighted by molar-refractivity contribution is -0.114. The molecule has 0 radical (unpaired) electrons. The number of carbonyl (C=O) groups is 3. The summed E-state index contributed by atoms with van der Waals surface area (Å²) in [6.07, 6.45) is 8.25. The summed E-state index contributed by atoms with van der Waals surface area (Å²) in [6.45, 7) is 1.05. The Labute approximate surface area is 233 Å². The lowest BCUT2D eigenvalue weighted by Crippen LogP contribution is -2.37. The first kappa shape index (κ1) is 26.8.